The summed E-state index contributed by atoms with van der Waals surface area (Å²) >= 11 is 1.67. The van der Waals surface area contributed by atoms with Crippen molar-refractivity contribution in [3.8, 4) is 0 Å². The van der Waals surface area contributed by atoms with E-state index in [0.717, 1.165) is 17.8 Å². The summed E-state index contributed by atoms with van der Waals surface area (Å²) in [5.74, 6) is 5.71. The number of nitrogens with two attached hydrogens (primary N) is 1. The molecule has 2 aromatic carbocycles. The van der Waals surface area contributed by atoms with Gasteiger partial charge in [0.2, 0.25) is 0 Å². The minimum Gasteiger partial charge on any atom is -0.271 e. The van der Waals surface area contributed by atoms with Gasteiger partial charge in [-0.3, -0.25) is 11.3 Å². The maximum absolute atomic E-state index is 5.71. The molecule has 0 radical (unpaired) electrons. The number of benzene rings is 2. The predicted octanol–water partition coefficient (Wildman–Crippen LogP) is 2.91. The Labute approximate surface area is 122 Å². The highest BCUT2D eigenvalue weighted by Gasteiger charge is 2.12. The monoisotopic (exact) mass is 283 g/mol. The van der Waals surface area contributed by atoms with E-state index in [1.807, 2.05) is 11.6 Å². The molecule has 0 saturated heterocycles. The Balaban J connectivity index is 1.84. The normalized spacial score (nSPS) is 12.7. The molecule has 0 fully saturated rings. The fraction of sp³-hybridized carbons (Fsp3) is 0.188. The quantitative estimate of drug-likeness (QED) is 0.559. The molecule has 3 N–H and O–H groups in total. The van der Waals surface area contributed by atoms with Gasteiger partial charge in [0.05, 0.1) is 5.01 Å². The van der Waals surface area contributed by atoms with E-state index in [1.54, 1.807) is 11.3 Å². The van der Waals surface area contributed by atoms with E-state index in [4.69, 9.17) is 5.84 Å². The van der Waals surface area contributed by atoms with E-state index in [2.05, 4.69) is 52.9 Å². The number of rotatable bonds is 5. The standard InChI is InChI=1S/C16H17N3S/c17-19-14(11-16-18-8-9-20-16)10-13-6-3-5-12-4-1-2-7-15(12)13/h1-9,14,19H,10-11,17H2. The Kier molecular flexibility index (Phi) is 4.06. The van der Waals surface area contributed by atoms with Gasteiger partial charge >= 0.3 is 0 Å². The first-order valence-electron chi connectivity index (χ1n) is 6.68. The molecule has 0 amide bonds. The molecule has 102 valence electrons. The minimum absolute atomic E-state index is 0.201. The van der Waals surface area contributed by atoms with Crippen molar-refractivity contribution in [1.82, 2.24) is 10.4 Å². The molecule has 0 bridgehead atoms. The molecule has 0 aliphatic rings. The SMILES string of the molecule is NNC(Cc1nccs1)Cc1cccc2ccccc12. The molecule has 20 heavy (non-hydrogen) atoms. The van der Waals surface area contributed by atoms with Gasteiger partial charge in [-0.25, -0.2) is 4.98 Å². The molecule has 3 nitrogen and oxygen atoms in total. The van der Waals surface area contributed by atoms with E-state index in [0.29, 0.717) is 0 Å². The number of hydrogen-bond acceptors (Lipinski definition) is 4. The van der Waals surface area contributed by atoms with Crippen LogP contribution in [0.5, 0.6) is 0 Å². The molecule has 0 spiro atoms. The highest BCUT2D eigenvalue weighted by Crippen LogP contribution is 2.20. The fourth-order valence-corrected chi connectivity index (χ4v) is 3.19. The molecule has 0 aliphatic carbocycles. The molecule has 1 atom stereocenters. The van der Waals surface area contributed by atoms with Crippen LogP contribution in [0.1, 0.15) is 10.6 Å². The van der Waals surface area contributed by atoms with Gasteiger partial charge in [0.15, 0.2) is 0 Å². The van der Waals surface area contributed by atoms with Gasteiger partial charge in [-0.1, -0.05) is 42.5 Å². The van der Waals surface area contributed by atoms with E-state index in [1.165, 1.54) is 16.3 Å². The first-order valence-corrected chi connectivity index (χ1v) is 7.56. The van der Waals surface area contributed by atoms with Crippen LogP contribution in [0.25, 0.3) is 10.8 Å². The van der Waals surface area contributed by atoms with Crippen molar-refractivity contribution in [2.24, 2.45) is 5.84 Å². The lowest BCUT2D eigenvalue weighted by molar-refractivity contribution is 0.523. The maximum atomic E-state index is 5.71. The van der Waals surface area contributed by atoms with E-state index in [9.17, 15) is 0 Å². The second kappa shape index (κ2) is 6.13. The first-order chi connectivity index (χ1) is 9.86. The van der Waals surface area contributed by atoms with Crippen molar-refractivity contribution in [3.05, 3.63) is 64.6 Å². The smallest absolute Gasteiger partial charge is 0.0940 e. The number of hydrogen-bond donors (Lipinski definition) is 2. The van der Waals surface area contributed by atoms with Crippen molar-refractivity contribution in [2.75, 3.05) is 0 Å². The van der Waals surface area contributed by atoms with Crippen molar-refractivity contribution < 1.29 is 0 Å². The average Bonchev–Trinajstić information content (AvgIpc) is 3.00. The Bertz CT molecular complexity index is 674. The summed E-state index contributed by atoms with van der Waals surface area (Å²) in [6.45, 7) is 0. The van der Waals surface area contributed by atoms with Gasteiger partial charge in [0.25, 0.3) is 0 Å². The third-order valence-electron chi connectivity index (χ3n) is 3.49. The molecule has 1 heterocycles. The summed E-state index contributed by atoms with van der Waals surface area (Å²) in [7, 11) is 0. The van der Waals surface area contributed by atoms with Gasteiger partial charge in [0.1, 0.15) is 0 Å². The lowest BCUT2D eigenvalue weighted by Gasteiger charge is -2.16. The number of fused-ring (bicyclic) bond motifs is 1. The zero-order valence-corrected chi connectivity index (χ0v) is 11.9. The summed E-state index contributed by atoms with van der Waals surface area (Å²) < 4.78 is 0. The largest absolute Gasteiger partial charge is 0.271 e. The van der Waals surface area contributed by atoms with Gasteiger partial charge in [-0.2, -0.15) is 0 Å². The van der Waals surface area contributed by atoms with Gasteiger partial charge < -0.3 is 0 Å². The fourth-order valence-electron chi connectivity index (χ4n) is 2.49. The van der Waals surface area contributed by atoms with Crippen LogP contribution < -0.4 is 11.3 Å². The molecule has 1 unspecified atom stereocenters. The zero-order valence-electron chi connectivity index (χ0n) is 11.1. The lowest BCUT2D eigenvalue weighted by atomic mass is 9.98. The number of hydrazine groups is 1. The predicted molar refractivity (Wildman–Crippen MR) is 84.6 cm³/mol. The minimum atomic E-state index is 0.201. The summed E-state index contributed by atoms with van der Waals surface area (Å²) in [6.07, 6.45) is 3.60. The number of nitrogens with zero attached hydrogens (tertiary/aromatic N) is 1. The Hall–Kier alpha value is -1.75. The maximum Gasteiger partial charge on any atom is 0.0940 e. The molecule has 1 aromatic heterocycles. The Morgan fingerprint density at radius 3 is 2.75 bits per heavy atom. The van der Waals surface area contributed by atoms with Gasteiger partial charge in [-0.05, 0) is 22.8 Å². The number of thiazole rings is 1. The molecule has 3 rings (SSSR count). The summed E-state index contributed by atoms with van der Waals surface area (Å²) in [5.41, 5.74) is 4.24. The molecular weight excluding hydrogens is 266 g/mol. The topological polar surface area (TPSA) is 50.9 Å². The van der Waals surface area contributed by atoms with E-state index < -0.39 is 0 Å². The van der Waals surface area contributed by atoms with Crippen LogP contribution in [0.3, 0.4) is 0 Å². The molecule has 0 aliphatic heterocycles. The summed E-state index contributed by atoms with van der Waals surface area (Å²) in [5, 5.41) is 5.69. The molecule has 4 heteroatoms. The highest BCUT2D eigenvalue weighted by molar-refractivity contribution is 7.09. The zero-order chi connectivity index (χ0) is 13.8. The van der Waals surface area contributed by atoms with Crippen molar-refractivity contribution in [1.29, 1.82) is 0 Å². The van der Waals surface area contributed by atoms with Crippen molar-refractivity contribution >= 4 is 22.1 Å². The lowest BCUT2D eigenvalue weighted by Crippen LogP contribution is -2.38. The molecular formula is C16H17N3S. The van der Waals surface area contributed by atoms with Crippen LogP contribution in [0.4, 0.5) is 0 Å². The van der Waals surface area contributed by atoms with Gasteiger partial charge in [0, 0.05) is 24.0 Å². The van der Waals surface area contributed by atoms with E-state index in [-0.39, 0.29) is 6.04 Å². The van der Waals surface area contributed by atoms with Gasteiger partial charge in [-0.15, -0.1) is 11.3 Å². The van der Waals surface area contributed by atoms with Crippen LogP contribution in [-0.2, 0) is 12.8 Å². The Morgan fingerprint density at radius 2 is 1.95 bits per heavy atom. The summed E-state index contributed by atoms with van der Waals surface area (Å²) in [6, 6.07) is 15.1. The number of aromatic nitrogens is 1. The van der Waals surface area contributed by atoms with Crippen LogP contribution in [-0.4, -0.2) is 11.0 Å². The average molecular weight is 283 g/mol. The third kappa shape index (κ3) is 2.88. The highest BCUT2D eigenvalue weighted by atomic mass is 32.1. The van der Waals surface area contributed by atoms with Crippen molar-refractivity contribution in [3.63, 3.8) is 0 Å². The Morgan fingerprint density at radius 1 is 1.10 bits per heavy atom. The third-order valence-corrected chi connectivity index (χ3v) is 4.29. The van der Waals surface area contributed by atoms with E-state index >= 15 is 0 Å². The first kappa shape index (κ1) is 13.2. The van der Waals surface area contributed by atoms with Crippen molar-refractivity contribution in [2.45, 2.75) is 18.9 Å². The van der Waals surface area contributed by atoms with Crippen LogP contribution in [0, 0.1) is 0 Å². The van der Waals surface area contributed by atoms with Crippen LogP contribution >= 0.6 is 11.3 Å². The second-order valence-corrected chi connectivity index (χ2v) is 5.82. The second-order valence-electron chi connectivity index (χ2n) is 4.84. The summed E-state index contributed by atoms with van der Waals surface area (Å²) in [4.78, 5) is 4.33. The molecule has 3 aromatic rings. The molecule has 0 saturated carbocycles. The van der Waals surface area contributed by atoms with Crippen LogP contribution in [0.15, 0.2) is 54.0 Å². The number of nitrogens with one attached hydrogen (secondary N) is 1. The van der Waals surface area contributed by atoms with Crippen LogP contribution in [0.2, 0.25) is 0 Å².